The summed E-state index contributed by atoms with van der Waals surface area (Å²) >= 11 is 0. The van der Waals surface area contributed by atoms with Crippen molar-refractivity contribution in [2.75, 3.05) is 19.8 Å². The molecule has 0 spiro atoms. The molecular formula is C28H41NO14P2. The molecule has 3 saturated carbocycles. The van der Waals surface area contributed by atoms with E-state index in [1.807, 2.05) is 32.2 Å². The number of phosphoric acid groups is 2. The van der Waals surface area contributed by atoms with Crippen molar-refractivity contribution in [1.29, 1.82) is 0 Å². The highest BCUT2D eigenvalue weighted by Crippen LogP contribution is 2.70. The number of aliphatic hydroxyl groups is 1. The third-order valence-corrected chi connectivity index (χ3v) is 13.0. The Labute approximate surface area is 260 Å². The number of fused-ring (bicyclic) bond motifs is 7. The Kier molecular flexibility index (Phi) is 9.49. The van der Waals surface area contributed by atoms with Crippen molar-refractivity contribution >= 4 is 33.3 Å². The van der Waals surface area contributed by atoms with Crippen LogP contribution in [0.2, 0.25) is 0 Å². The average Bonchev–Trinajstić information content (AvgIpc) is 3.41. The predicted octanol–water partition coefficient (Wildman–Crippen LogP) is 3.24. The van der Waals surface area contributed by atoms with Gasteiger partial charge in [0, 0.05) is 23.3 Å². The van der Waals surface area contributed by atoms with E-state index in [0.717, 1.165) is 5.57 Å². The zero-order valence-electron chi connectivity index (χ0n) is 25.3. The Morgan fingerprint density at radius 3 is 2.58 bits per heavy atom. The molecule has 4 aliphatic carbocycles. The Morgan fingerprint density at radius 1 is 1.18 bits per heavy atom. The molecule has 0 radical (unpaired) electrons. The first-order valence-electron chi connectivity index (χ1n) is 15.1. The van der Waals surface area contributed by atoms with Gasteiger partial charge in [0.1, 0.15) is 6.61 Å². The highest BCUT2D eigenvalue weighted by Gasteiger charge is 2.75. The molecule has 5 N–H and O–H groups in total. The Hall–Kier alpha value is -1.77. The summed E-state index contributed by atoms with van der Waals surface area (Å²) in [7, 11) is -10.5. The molecule has 4 fully saturated rings. The summed E-state index contributed by atoms with van der Waals surface area (Å²) in [6, 6.07) is 0. The molecule has 15 nitrogen and oxygen atoms in total. The molecule has 45 heavy (non-hydrogen) atoms. The van der Waals surface area contributed by atoms with Gasteiger partial charge in [0.05, 0.1) is 18.8 Å². The number of rotatable bonds is 12. The van der Waals surface area contributed by atoms with Gasteiger partial charge in [0.2, 0.25) is 0 Å². The van der Waals surface area contributed by atoms with E-state index in [4.69, 9.17) is 19.1 Å². The number of nitrogens with one attached hydrogen (secondary N) is 1. The first-order chi connectivity index (χ1) is 21.0. The molecule has 0 bridgehead atoms. The maximum Gasteiger partial charge on any atom is 0.481 e. The highest BCUT2D eigenvalue weighted by molar-refractivity contribution is 7.61. The first-order valence-corrected chi connectivity index (χ1v) is 18.1. The Morgan fingerprint density at radius 2 is 1.89 bits per heavy atom. The van der Waals surface area contributed by atoms with Gasteiger partial charge in [-0.05, 0) is 56.1 Å². The predicted molar refractivity (Wildman–Crippen MR) is 154 cm³/mol. The van der Waals surface area contributed by atoms with Gasteiger partial charge in [-0.3, -0.25) is 18.6 Å². The van der Waals surface area contributed by atoms with Gasteiger partial charge in [0.25, 0.3) is 0 Å². The topological polar surface area (TPSA) is 224 Å². The van der Waals surface area contributed by atoms with Crippen molar-refractivity contribution < 1.29 is 66.3 Å². The van der Waals surface area contributed by atoms with Gasteiger partial charge in [-0.25, -0.2) is 13.9 Å². The number of amides is 1. The van der Waals surface area contributed by atoms with Gasteiger partial charge in [-0.15, -0.1) is 0 Å². The Bertz CT molecular complexity index is 1380. The van der Waals surface area contributed by atoms with Gasteiger partial charge in [0.15, 0.2) is 23.5 Å². The van der Waals surface area contributed by atoms with Crippen LogP contribution < -0.4 is 5.32 Å². The number of carboxylic acid groups (broad SMARTS) is 1. The molecule has 252 valence electrons. The summed E-state index contributed by atoms with van der Waals surface area (Å²) in [5.41, 5.74) is -2.18. The second kappa shape index (κ2) is 12.4. The molecule has 1 saturated heterocycles. The fourth-order valence-corrected chi connectivity index (χ4v) is 10.8. The lowest BCUT2D eigenvalue weighted by Crippen LogP contribution is -2.63. The molecule has 5 aliphatic rings. The zero-order chi connectivity index (χ0) is 33.0. The number of aliphatic hydroxyl groups excluding tert-OH is 1. The largest absolute Gasteiger partial charge is 0.481 e. The van der Waals surface area contributed by atoms with E-state index in [0.29, 0.717) is 32.1 Å². The number of ketones is 2. The van der Waals surface area contributed by atoms with E-state index in [2.05, 4.69) is 8.83 Å². The van der Waals surface area contributed by atoms with E-state index < -0.39 is 82.2 Å². The lowest BCUT2D eigenvalue weighted by molar-refractivity contribution is -0.200. The van der Waals surface area contributed by atoms with Crippen LogP contribution in [0.5, 0.6) is 0 Å². The lowest BCUT2D eigenvalue weighted by Gasteiger charge is -2.59. The Balaban J connectivity index is 1.37. The second-order valence-corrected chi connectivity index (χ2v) is 16.0. The number of carbonyl (C=O) groups is 3. The smallest absolute Gasteiger partial charge is 0.465 e. The van der Waals surface area contributed by atoms with Crippen LogP contribution in [-0.4, -0.2) is 81.5 Å². The van der Waals surface area contributed by atoms with Crippen molar-refractivity contribution in [2.45, 2.75) is 83.4 Å². The standard InChI is InChI=1S/C28H41NO14P2/c1-4-5-23-41-22-13-19-18-7-6-16-12-17(30)8-9-26(16,2)24(18)20(31)14-27(19,3)28(22,42-23)21(32)15-40-45(37,38)43-44(35,36)39-11-10-29-25(33)34/h8-9,12,18-20,22-24,29,31H,4-7,10-11,13-15H2,1-3H3,(H,33,34)(H,35,36)(H,37,38)/t18-,19-,20-,22+,23?,24+,26-,27-,28+/m0/s1. The number of Topliss-reactive ketones (excluding diaryl/α,β-unsaturated/α-hetero) is 1. The summed E-state index contributed by atoms with van der Waals surface area (Å²) in [6.07, 6.45) is 4.42. The van der Waals surface area contributed by atoms with Crippen LogP contribution in [0.15, 0.2) is 23.8 Å². The van der Waals surface area contributed by atoms with Crippen LogP contribution >= 0.6 is 15.6 Å². The number of hydrogen-bond donors (Lipinski definition) is 5. The van der Waals surface area contributed by atoms with Crippen LogP contribution in [-0.2, 0) is 41.6 Å². The van der Waals surface area contributed by atoms with Crippen LogP contribution in [0, 0.1) is 28.6 Å². The fourth-order valence-electron chi connectivity index (χ4n) is 8.75. The van der Waals surface area contributed by atoms with E-state index in [-0.39, 0.29) is 30.0 Å². The van der Waals surface area contributed by atoms with Crippen LogP contribution in [0.1, 0.15) is 59.3 Å². The second-order valence-electron chi connectivity index (χ2n) is 12.9. The molecule has 1 amide bonds. The SMILES string of the molecule is CCCC1O[C@@H]2C[C@H]3[C@@H]4CCC5=CC(=O)C=C[C@]5(C)[C@H]4[C@@H](O)C[C@]3(C)[C@]2(C(=O)COP(=O)(O)OP(=O)(O)OCCNC(=O)O)O1. The molecule has 0 aromatic carbocycles. The summed E-state index contributed by atoms with van der Waals surface area (Å²) in [5.74, 6) is -1.22. The van der Waals surface area contributed by atoms with Gasteiger partial charge >= 0.3 is 21.7 Å². The van der Waals surface area contributed by atoms with E-state index in [9.17, 15) is 38.4 Å². The molecule has 1 heterocycles. The van der Waals surface area contributed by atoms with Crippen molar-refractivity contribution in [3.05, 3.63) is 23.8 Å². The fraction of sp³-hybridized carbons (Fsp3) is 0.750. The molecule has 17 heteroatoms. The minimum absolute atomic E-state index is 0.0490. The van der Waals surface area contributed by atoms with Gasteiger partial charge < -0.3 is 34.8 Å². The highest BCUT2D eigenvalue weighted by atomic mass is 31.3. The normalized spacial score (nSPS) is 41.1. The maximum atomic E-state index is 14.2. The summed E-state index contributed by atoms with van der Waals surface area (Å²) in [5, 5.41) is 22.2. The van der Waals surface area contributed by atoms with Crippen LogP contribution in [0.4, 0.5) is 4.79 Å². The minimum Gasteiger partial charge on any atom is -0.465 e. The molecule has 3 unspecified atom stereocenters. The lowest BCUT2D eigenvalue weighted by atomic mass is 9.46. The monoisotopic (exact) mass is 677 g/mol. The van der Waals surface area contributed by atoms with E-state index in [1.54, 1.807) is 6.08 Å². The van der Waals surface area contributed by atoms with Crippen molar-refractivity contribution in [1.82, 2.24) is 5.32 Å². The van der Waals surface area contributed by atoms with Crippen molar-refractivity contribution in [3.8, 4) is 0 Å². The van der Waals surface area contributed by atoms with E-state index in [1.165, 1.54) is 6.08 Å². The number of hydrogen-bond acceptors (Lipinski definition) is 11. The van der Waals surface area contributed by atoms with Gasteiger partial charge in [-0.2, -0.15) is 4.31 Å². The van der Waals surface area contributed by atoms with Crippen molar-refractivity contribution in [2.24, 2.45) is 28.6 Å². The van der Waals surface area contributed by atoms with Crippen LogP contribution in [0.3, 0.4) is 0 Å². The molecule has 0 aromatic heterocycles. The summed E-state index contributed by atoms with van der Waals surface area (Å²) < 4.78 is 51.2. The maximum absolute atomic E-state index is 14.2. The number of allylic oxidation sites excluding steroid dienone is 4. The molecule has 11 atom stereocenters. The summed E-state index contributed by atoms with van der Waals surface area (Å²) in [4.78, 5) is 56.8. The molecule has 1 aliphatic heterocycles. The van der Waals surface area contributed by atoms with Gasteiger partial charge in [-0.1, -0.05) is 38.8 Å². The molecule has 5 rings (SSSR count). The van der Waals surface area contributed by atoms with Crippen molar-refractivity contribution in [3.63, 3.8) is 0 Å². The number of phosphoric ester groups is 2. The number of carbonyl (C=O) groups excluding carboxylic acids is 2. The average molecular weight is 678 g/mol. The zero-order valence-corrected chi connectivity index (χ0v) is 27.1. The summed E-state index contributed by atoms with van der Waals surface area (Å²) in [6.45, 7) is 3.74. The van der Waals surface area contributed by atoms with Crippen LogP contribution in [0.25, 0.3) is 0 Å². The minimum atomic E-state index is -5.35. The quantitative estimate of drug-likeness (QED) is 0.148. The molecular weight excluding hydrogens is 636 g/mol. The number of ether oxygens (including phenoxy) is 2. The van der Waals surface area contributed by atoms with E-state index >= 15 is 0 Å². The molecule has 0 aromatic rings. The third-order valence-electron chi connectivity index (χ3n) is 10.4. The third kappa shape index (κ3) is 6.17. The first kappa shape index (κ1) is 34.6.